The van der Waals surface area contributed by atoms with Crippen molar-refractivity contribution in [3.8, 4) is 0 Å². The molecule has 0 bridgehead atoms. The van der Waals surface area contributed by atoms with Gasteiger partial charge in [-0.25, -0.2) is 15.0 Å². The SMILES string of the molecule is Nc1ncnc2c1ncn2[C@@H]1O[C@H](CO)C(O)[C@@H]1S. The summed E-state index contributed by atoms with van der Waals surface area (Å²) in [5, 5.41) is 18.5. The quantitative estimate of drug-likeness (QED) is 0.520. The molecule has 0 amide bonds. The van der Waals surface area contributed by atoms with Gasteiger partial charge in [-0.1, -0.05) is 0 Å². The fraction of sp³-hybridized carbons (Fsp3) is 0.500. The smallest absolute Gasteiger partial charge is 0.167 e. The molecule has 3 rings (SSSR count). The zero-order valence-corrected chi connectivity index (χ0v) is 10.7. The van der Waals surface area contributed by atoms with E-state index in [9.17, 15) is 5.11 Å². The Kier molecular flexibility index (Phi) is 3.05. The van der Waals surface area contributed by atoms with E-state index in [-0.39, 0.29) is 12.4 Å². The predicted molar refractivity (Wildman–Crippen MR) is 69.5 cm³/mol. The van der Waals surface area contributed by atoms with Crippen LogP contribution in [-0.4, -0.2) is 53.8 Å². The Hall–Kier alpha value is -1.42. The van der Waals surface area contributed by atoms with E-state index in [1.165, 1.54) is 12.7 Å². The van der Waals surface area contributed by atoms with Crippen LogP contribution in [0.15, 0.2) is 12.7 Å². The largest absolute Gasteiger partial charge is 0.394 e. The molecule has 19 heavy (non-hydrogen) atoms. The van der Waals surface area contributed by atoms with Crippen molar-refractivity contribution in [2.45, 2.75) is 23.7 Å². The predicted octanol–water partition coefficient (Wildman–Crippen LogP) is -1.04. The molecule has 102 valence electrons. The van der Waals surface area contributed by atoms with Gasteiger partial charge in [0.2, 0.25) is 0 Å². The molecular formula is C10H13N5O3S. The van der Waals surface area contributed by atoms with Gasteiger partial charge in [0.25, 0.3) is 0 Å². The third-order valence-electron chi connectivity index (χ3n) is 3.18. The van der Waals surface area contributed by atoms with E-state index in [1.54, 1.807) is 4.57 Å². The molecular weight excluding hydrogens is 270 g/mol. The first-order chi connectivity index (χ1) is 9.13. The second-order valence-electron chi connectivity index (χ2n) is 4.31. The normalized spacial score (nSPS) is 31.1. The van der Waals surface area contributed by atoms with Crippen molar-refractivity contribution in [1.82, 2.24) is 19.5 Å². The molecule has 1 saturated heterocycles. The van der Waals surface area contributed by atoms with Crippen LogP contribution in [0.2, 0.25) is 0 Å². The van der Waals surface area contributed by atoms with Gasteiger partial charge in [0, 0.05) is 0 Å². The fourth-order valence-corrected chi connectivity index (χ4v) is 2.57. The summed E-state index contributed by atoms with van der Waals surface area (Å²) in [7, 11) is 0. The minimum Gasteiger partial charge on any atom is -0.394 e. The van der Waals surface area contributed by atoms with Crippen molar-refractivity contribution < 1.29 is 14.9 Å². The first-order valence-electron chi connectivity index (χ1n) is 5.69. The van der Waals surface area contributed by atoms with E-state index < -0.39 is 23.7 Å². The third kappa shape index (κ3) is 1.86. The lowest BCUT2D eigenvalue weighted by Gasteiger charge is -2.16. The fourth-order valence-electron chi connectivity index (χ4n) is 2.17. The van der Waals surface area contributed by atoms with Crippen LogP contribution in [0, 0.1) is 0 Å². The highest BCUT2D eigenvalue weighted by molar-refractivity contribution is 7.81. The molecule has 0 aromatic carbocycles. The average molecular weight is 283 g/mol. The van der Waals surface area contributed by atoms with Crippen LogP contribution < -0.4 is 5.73 Å². The lowest BCUT2D eigenvalue weighted by molar-refractivity contribution is -0.0430. The van der Waals surface area contributed by atoms with Crippen LogP contribution in [0.25, 0.3) is 11.2 Å². The summed E-state index contributed by atoms with van der Waals surface area (Å²) < 4.78 is 7.20. The van der Waals surface area contributed by atoms with Gasteiger partial charge in [-0.3, -0.25) is 4.57 Å². The highest BCUT2D eigenvalue weighted by atomic mass is 32.1. The summed E-state index contributed by atoms with van der Waals surface area (Å²) in [4.78, 5) is 12.1. The molecule has 2 aromatic heterocycles. The van der Waals surface area contributed by atoms with Gasteiger partial charge >= 0.3 is 0 Å². The number of aliphatic hydroxyl groups is 2. The van der Waals surface area contributed by atoms with Gasteiger partial charge in [-0.05, 0) is 0 Å². The van der Waals surface area contributed by atoms with Gasteiger partial charge in [-0.15, -0.1) is 0 Å². The van der Waals surface area contributed by atoms with Gasteiger partial charge in [-0.2, -0.15) is 12.6 Å². The minimum atomic E-state index is -0.866. The molecule has 1 aliphatic rings. The van der Waals surface area contributed by atoms with Gasteiger partial charge < -0.3 is 20.7 Å². The van der Waals surface area contributed by atoms with Gasteiger partial charge in [0.15, 0.2) is 17.7 Å². The maximum absolute atomic E-state index is 9.90. The summed E-state index contributed by atoms with van der Waals surface area (Å²) in [6.45, 7) is -0.279. The average Bonchev–Trinajstić information content (AvgIpc) is 2.94. The van der Waals surface area contributed by atoms with Gasteiger partial charge in [0.05, 0.1) is 24.3 Å². The molecule has 2 aromatic rings. The maximum Gasteiger partial charge on any atom is 0.167 e. The molecule has 0 aliphatic carbocycles. The molecule has 0 radical (unpaired) electrons. The van der Waals surface area contributed by atoms with E-state index in [0.29, 0.717) is 11.2 Å². The van der Waals surface area contributed by atoms with Crippen LogP contribution in [0.1, 0.15) is 6.23 Å². The monoisotopic (exact) mass is 283 g/mol. The number of hydrogen-bond donors (Lipinski definition) is 4. The number of nitrogens with zero attached hydrogens (tertiary/aromatic N) is 4. The van der Waals surface area contributed by atoms with Crippen molar-refractivity contribution >= 4 is 29.6 Å². The summed E-state index contributed by atoms with van der Waals surface area (Å²) in [6.07, 6.45) is 0.725. The van der Waals surface area contributed by atoms with Crippen molar-refractivity contribution in [1.29, 1.82) is 0 Å². The van der Waals surface area contributed by atoms with Crippen LogP contribution in [0.5, 0.6) is 0 Å². The van der Waals surface area contributed by atoms with Crippen molar-refractivity contribution in [3.05, 3.63) is 12.7 Å². The van der Waals surface area contributed by atoms with Crippen LogP contribution in [-0.2, 0) is 4.74 Å². The minimum absolute atomic E-state index is 0.275. The van der Waals surface area contributed by atoms with Crippen molar-refractivity contribution in [2.24, 2.45) is 0 Å². The molecule has 0 saturated carbocycles. The second-order valence-corrected chi connectivity index (χ2v) is 4.91. The zero-order chi connectivity index (χ0) is 13.6. The second kappa shape index (κ2) is 4.60. The topological polar surface area (TPSA) is 119 Å². The van der Waals surface area contributed by atoms with E-state index in [4.69, 9.17) is 15.6 Å². The molecule has 9 heteroatoms. The van der Waals surface area contributed by atoms with E-state index in [1.807, 2.05) is 0 Å². The highest BCUT2D eigenvalue weighted by Gasteiger charge is 2.42. The van der Waals surface area contributed by atoms with Gasteiger partial charge in [0.1, 0.15) is 17.9 Å². The number of nitrogens with two attached hydrogens (primary N) is 1. The van der Waals surface area contributed by atoms with E-state index >= 15 is 0 Å². The number of imidazole rings is 1. The van der Waals surface area contributed by atoms with Crippen molar-refractivity contribution in [2.75, 3.05) is 12.3 Å². The number of ether oxygens (including phenoxy) is 1. The molecule has 3 heterocycles. The molecule has 1 unspecified atom stereocenters. The number of nitrogen functional groups attached to an aromatic ring is 1. The molecule has 4 N–H and O–H groups in total. The number of hydrogen-bond acceptors (Lipinski definition) is 8. The molecule has 1 fully saturated rings. The zero-order valence-electron chi connectivity index (χ0n) is 9.79. The highest BCUT2D eigenvalue weighted by Crippen LogP contribution is 2.34. The Morgan fingerprint density at radius 1 is 1.42 bits per heavy atom. The Bertz CT molecular complexity index is 606. The lowest BCUT2D eigenvalue weighted by Crippen LogP contribution is -2.30. The van der Waals surface area contributed by atoms with E-state index in [2.05, 4.69) is 27.6 Å². The summed E-state index contributed by atoms with van der Waals surface area (Å²) in [6, 6.07) is 0. The molecule has 0 spiro atoms. The number of aromatic nitrogens is 4. The van der Waals surface area contributed by atoms with E-state index in [0.717, 1.165) is 0 Å². The Morgan fingerprint density at radius 2 is 2.21 bits per heavy atom. The molecule has 4 atom stereocenters. The molecule has 8 nitrogen and oxygen atoms in total. The summed E-state index contributed by atoms with van der Waals surface area (Å²) in [5.41, 5.74) is 6.68. The van der Waals surface area contributed by atoms with Crippen molar-refractivity contribution in [3.63, 3.8) is 0 Å². The first kappa shape index (κ1) is 12.6. The standard InChI is InChI=1S/C10H13N5O3S/c11-8-5-9(13-2-12-8)15(3-14-5)10-7(19)6(17)4(1-16)18-10/h2-4,6-7,10,16-17,19H,1H2,(H2,11,12,13)/t4-,6?,7+,10-/m1/s1. The summed E-state index contributed by atoms with van der Waals surface area (Å²) >= 11 is 4.32. The maximum atomic E-state index is 9.90. The summed E-state index contributed by atoms with van der Waals surface area (Å²) in [5.74, 6) is 0.275. The van der Waals surface area contributed by atoms with Crippen LogP contribution in [0.3, 0.4) is 0 Å². The van der Waals surface area contributed by atoms with Crippen LogP contribution >= 0.6 is 12.6 Å². The number of rotatable bonds is 2. The number of aliphatic hydroxyl groups excluding tert-OH is 2. The number of fused-ring (bicyclic) bond motifs is 1. The lowest BCUT2D eigenvalue weighted by atomic mass is 10.2. The Morgan fingerprint density at radius 3 is 2.89 bits per heavy atom. The number of anilines is 1. The van der Waals surface area contributed by atoms with Crippen LogP contribution in [0.4, 0.5) is 5.82 Å². The first-order valence-corrected chi connectivity index (χ1v) is 6.20. The third-order valence-corrected chi connectivity index (χ3v) is 3.74. The molecule has 1 aliphatic heterocycles. The Balaban J connectivity index is 2.04. The Labute approximate surface area is 113 Å². The number of thiol groups is 1.